The molecule has 106 valence electrons. The van der Waals surface area contributed by atoms with Gasteiger partial charge in [-0.1, -0.05) is 0 Å². The van der Waals surface area contributed by atoms with Gasteiger partial charge in [0, 0.05) is 56.4 Å². The topological polar surface area (TPSA) is 57.5 Å². The Kier molecular flexibility index (Phi) is 3.46. The number of nitrogens with one attached hydrogen (secondary N) is 1. The van der Waals surface area contributed by atoms with Gasteiger partial charge < -0.3 is 15.0 Å². The molecule has 0 saturated carbocycles. The number of piperazine rings is 1. The molecular formula is C15H19N3O2. The lowest BCUT2D eigenvalue weighted by atomic mass is 10.1. The summed E-state index contributed by atoms with van der Waals surface area (Å²) in [7, 11) is 2.04. The van der Waals surface area contributed by atoms with Crippen LogP contribution in [0.2, 0.25) is 0 Å². The Balaban J connectivity index is 1.91. The molecule has 3 rings (SSSR count). The maximum absolute atomic E-state index is 11.0. The SMILES string of the molecule is Cn1c(CN2CCNCC2)cc2cc(C(=O)O)ccc21. The number of aromatic carboxylic acids is 1. The first kappa shape index (κ1) is 13.1. The number of nitrogens with zero attached hydrogens (tertiary/aromatic N) is 2. The van der Waals surface area contributed by atoms with Crippen molar-refractivity contribution in [1.29, 1.82) is 0 Å². The molecule has 0 atom stereocenters. The first-order valence-corrected chi connectivity index (χ1v) is 6.90. The van der Waals surface area contributed by atoms with E-state index in [1.54, 1.807) is 12.1 Å². The number of aromatic nitrogens is 1. The highest BCUT2D eigenvalue weighted by atomic mass is 16.4. The van der Waals surface area contributed by atoms with E-state index in [0.717, 1.165) is 43.6 Å². The summed E-state index contributed by atoms with van der Waals surface area (Å²) in [5.41, 5.74) is 2.65. The molecule has 20 heavy (non-hydrogen) atoms. The van der Waals surface area contributed by atoms with Gasteiger partial charge in [0.2, 0.25) is 0 Å². The fourth-order valence-electron chi connectivity index (χ4n) is 2.79. The number of carbonyl (C=O) groups is 1. The molecule has 1 aliphatic heterocycles. The van der Waals surface area contributed by atoms with E-state index in [1.807, 2.05) is 13.1 Å². The number of benzene rings is 1. The average molecular weight is 273 g/mol. The number of carboxylic acid groups (broad SMARTS) is 1. The molecule has 0 amide bonds. The minimum atomic E-state index is -0.876. The average Bonchev–Trinajstić information content (AvgIpc) is 2.76. The molecule has 2 N–H and O–H groups in total. The second kappa shape index (κ2) is 5.26. The van der Waals surface area contributed by atoms with Gasteiger partial charge >= 0.3 is 5.97 Å². The largest absolute Gasteiger partial charge is 0.478 e. The van der Waals surface area contributed by atoms with Gasteiger partial charge in [0.25, 0.3) is 0 Å². The van der Waals surface area contributed by atoms with Crippen LogP contribution < -0.4 is 5.32 Å². The Labute approximate surface area is 117 Å². The maximum atomic E-state index is 11.0. The molecule has 0 spiro atoms. The zero-order chi connectivity index (χ0) is 14.1. The van der Waals surface area contributed by atoms with Gasteiger partial charge in [0.05, 0.1) is 5.56 Å². The van der Waals surface area contributed by atoms with Gasteiger partial charge in [-0.2, -0.15) is 0 Å². The monoisotopic (exact) mass is 273 g/mol. The minimum absolute atomic E-state index is 0.344. The quantitative estimate of drug-likeness (QED) is 0.884. The number of carboxylic acids is 1. The fraction of sp³-hybridized carbons (Fsp3) is 0.400. The van der Waals surface area contributed by atoms with Crippen molar-refractivity contribution in [1.82, 2.24) is 14.8 Å². The third-order valence-electron chi connectivity index (χ3n) is 3.98. The fourth-order valence-corrected chi connectivity index (χ4v) is 2.79. The van der Waals surface area contributed by atoms with Crippen LogP contribution in [0, 0.1) is 0 Å². The summed E-state index contributed by atoms with van der Waals surface area (Å²) in [5.74, 6) is -0.876. The molecule has 1 aliphatic rings. The van der Waals surface area contributed by atoms with Crippen molar-refractivity contribution in [2.45, 2.75) is 6.54 Å². The third-order valence-corrected chi connectivity index (χ3v) is 3.98. The molecule has 2 aromatic rings. The summed E-state index contributed by atoms with van der Waals surface area (Å²) in [5, 5.41) is 13.4. The molecule has 0 unspecified atom stereocenters. The predicted molar refractivity (Wildman–Crippen MR) is 78.0 cm³/mol. The Morgan fingerprint density at radius 2 is 2.05 bits per heavy atom. The van der Waals surface area contributed by atoms with E-state index >= 15 is 0 Å². The van der Waals surface area contributed by atoms with Crippen molar-refractivity contribution in [2.75, 3.05) is 26.2 Å². The van der Waals surface area contributed by atoms with E-state index < -0.39 is 5.97 Å². The lowest BCUT2D eigenvalue weighted by Crippen LogP contribution is -2.43. The van der Waals surface area contributed by atoms with E-state index in [-0.39, 0.29) is 0 Å². The van der Waals surface area contributed by atoms with Crippen molar-refractivity contribution < 1.29 is 9.90 Å². The van der Waals surface area contributed by atoms with Crippen molar-refractivity contribution in [3.63, 3.8) is 0 Å². The number of fused-ring (bicyclic) bond motifs is 1. The molecule has 0 bridgehead atoms. The summed E-state index contributed by atoms with van der Waals surface area (Å²) < 4.78 is 2.16. The zero-order valence-corrected chi connectivity index (χ0v) is 11.6. The van der Waals surface area contributed by atoms with E-state index in [9.17, 15) is 4.79 Å². The van der Waals surface area contributed by atoms with Gasteiger partial charge in [-0.05, 0) is 24.3 Å². The van der Waals surface area contributed by atoms with Crippen LogP contribution in [-0.4, -0.2) is 46.7 Å². The van der Waals surface area contributed by atoms with E-state index in [2.05, 4.69) is 20.9 Å². The number of hydrogen-bond donors (Lipinski definition) is 2. The molecule has 5 heteroatoms. The van der Waals surface area contributed by atoms with Gasteiger partial charge in [-0.3, -0.25) is 4.90 Å². The maximum Gasteiger partial charge on any atom is 0.335 e. The summed E-state index contributed by atoms with van der Waals surface area (Å²) >= 11 is 0. The van der Waals surface area contributed by atoms with Crippen molar-refractivity contribution in [2.24, 2.45) is 7.05 Å². The molecule has 1 aromatic heterocycles. The second-order valence-electron chi connectivity index (χ2n) is 5.30. The number of aryl methyl sites for hydroxylation is 1. The van der Waals surface area contributed by atoms with Crippen LogP contribution in [0.4, 0.5) is 0 Å². The smallest absolute Gasteiger partial charge is 0.335 e. The summed E-state index contributed by atoms with van der Waals surface area (Å²) in [6, 6.07) is 7.40. The molecular weight excluding hydrogens is 254 g/mol. The molecule has 1 fully saturated rings. The Morgan fingerprint density at radius 3 is 2.75 bits per heavy atom. The van der Waals surface area contributed by atoms with Crippen molar-refractivity contribution >= 4 is 16.9 Å². The van der Waals surface area contributed by atoms with Crippen LogP contribution in [-0.2, 0) is 13.6 Å². The Hall–Kier alpha value is -1.85. The van der Waals surface area contributed by atoms with Crippen LogP contribution in [0.1, 0.15) is 16.1 Å². The van der Waals surface area contributed by atoms with Crippen LogP contribution in [0.5, 0.6) is 0 Å². The highest BCUT2D eigenvalue weighted by Gasteiger charge is 2.14. The van der Waals surface area contributed by atoms with Crippen LogP contribution in [0.25, 0.3) is 10.9 Å². The first-order valence-electron chi connectivity index (χ1n) is 6.90. The van der Waals surface area contributed by atoms with Gasteiger partial charge in [0.15, 0.2) is 0 Å². The van der Waals surface area contributed by atoms with E-state index in [4.69, 9.17) is 5.11 Å². The molecule has 0 radical (unpaired) electrons. The third kappa shape index (κ3) is 2.42. The first-order chi connectivity index (χ1) is 9.65. The Bertz CT molecular complexity index is 642. The van der Waals surface area contributed by atoms with Crippen molar-refractivity contribution in [3.05, 3.63) is 35.5 Å². The standard InChI is InChI=1S/C15H19N3O2/c1-17-13(10-18-6-4-16-5-7-18)9-12-8-11(15(19)20)2-3-14(12)17/h2-3,8-9,16H,4-7,10H2,1H3,(H,19,20). The number of hydrogen-bond acceptors (Lipinski definition) is 3. The molecule has 5 nitrogen and oxygen atoms in total. The Morgan fingerprint density at radius 1 is 1.30 bits per heavy atom. The molecule has 1 aromatic carbocycles. The zero-order valence-electron chi connectivity index (χ0n) is 11.6. The van der Waals surface area contributed by atoms with Gasteiger partial charge in [-0.15, -0.1) is 0 Å². The molecule has 0 aliphatic carbocycles. The van der Waals surface area contributed by atoms with E-state index in [0.29, 0.717) is 5.56 Å². The molecule has 1 saturated heterocycles. The summed E-state index contributed by atoms with van der Waals surface area (Å²) in [6.45, 7) is 5.10. The lowest BCUT2D eigenvalue weighted by Gasteiger charge is -2.27. The predicted octanol–water partition coefficient (Wildman–Crippen LogP) is 1.28. The summed E-state index contributed by atoms with van der Waals surface area (Å²) in [4.78, 5) is 13.5. The normalized spacial score (nSPS) is 16.6. The minimum Gasteiger partial charge on any atom is -0.478 e. The highest BCUT2D eigenvalue weighted by molar-refractivity contribution is 5.94. The van der Waals surface area contributed by atoms with Crippen LogP contribution in [0.15, 0.2) is 24.3 Å². The van der Waals surface area contributed by atoms with Crippen molar-refractivity contribution in [3.8, 4) is 0 Å². The van der Waals surface area contributed by atoms with Crippen LogP contribution in [0.3, 0.4) is 0 Å². The lowest BCUT2D eigenvalue weighted by molar-refractivity contribution is 0.0697. The molecule has 2 heterocycles. The van der Waals surface area contributed by atoms with Crippen LogP contribution >= 0.6 is 0 Å². The summed E-state index contributed by atoms with van der Waals surface area (Å²) in [6.07, 6.45) is 0. The van der Waals surface area contributed by atoms with E-state index in [1.165, 1.54) is 5.69 Å². The van der Waals surface area contributed by atoms with Gasteiger partial charge in [0.1, 0.15) is 0 Å². The number of rotatable bonds is 3. The van der Waals surface area contributed by atoms with Gasteiger partial charge in [-0.25, -0.2) is 4.79 Å². The highest BCUT2D eigenvalue weighted by Crippen LogP contribution is 2.21. The second-order valence-corrected chi connectivity index (χ2v) is 5.30.